The Balaban J connectivity index is 1.16. The molecule has 2 amide bonds. The zero-order chi connectivity index (χ0) is 23.5. The normalized spacial score (nSPS) is 20.8. The van der Waals surface area contributed by atoms with Crippen LogP contribution in [0.15, 0.2) is 67.0 Å². The molecule has 0 unspecified atom stereocenters. The molecule has 5 rings (SSSR count). The van der Waals surface area contributed by atoms with Gasteiger partial charge in [0.25, 0.3) is 0 Å². The minimum Gasteiger partial charge on any atom is -0.342 e. The minimum absolute atomic E-state index is 0.00346. The molecule has 2 aliphatic rings. The van der Waals surface area contributed by atoms with Gasteiger partial charge in [-0.15, -0.1) is 0 Å². The average Bonchev–Trinajstić information content (AvgIpc) is 3.31. The van der Waals surface area contributed by atoms with Crippen LogP contribution >= 0.6 is 11.8 Å². The first-order valence-corrected chi connectivity index (χ1v) is 12.5. The second-order valence-corrected chi connectivity index (χ2v) is 9.65. The average molecular weight is 480 g/mol. The summed E-state index contributed by atoms with van der Waals surface area (Å²) in [6.45, 7) is 2.30. The second kappa shape index (κ2) is 9.99. The van der Waals surface area contributed by atoms with E-state index in [4.69, 9.17) is 0 Å². The topological polar surface area (TPSA) is 70.5 Å². The highest BCUT2D eigenvalue weighted by molar-refractivity contribution is 7.98. The number of rotatable bonds is 7. The van der Waals surface area contributed by atoms with Gasteiger partial charge in [0, 0.05) is 49.4 Å². The molecule has 0 saturated carbocycles. The Kier molecular flexibility index (Phi) is 6.64. The Morgan fingerprint density at radius 3 is 2.74 bits per heavy atom. The summed E-state index contributed by atoms with van der Waals surface area (Å²) in [6.07, 6.45) is 3.62. The molecule has 34 heavy (non-hydrogen) atoms. The van der Waals surface area contributed by atoms with Crippen molar-refractivity contribution in [3.05, 3.63) is 83.9 Å². The third-order valence-electron chi connectivity index (χ3n) is 6.18. The summed E-state index contributed by atoms with van der Waals surface area (Å²) >= 11 is 1.66. The van der Waals surface area contributed by atoms with Gasteiger partial charge in [0.2, 0.25) is 11.8 Å². The van der Waals surface area contributed by atoms with Gasteiger partial charge in [0.15, 0.2) is 0 Å². The zero-order valence-corrected chi connectivity index (χ0v) is 19.5. The molecule has 3 aromatic rings. The van der Waals surface area contributed by atoms with Crippen LogP contribution in [0.2, 0.25) is 0 Å². The van der Waals surface area contributed by atoms with E-state index in [-0.39, 0.29) is 17.6 Å². The molecule has 1 N–H and O–H groups in total. The van der Waals surface area contributed by atoms with E-state index in [9.17, 15) is 14.0 Å². The summed E-state index contributed by atoms with van der Waals surface area (Å²) in [4.78, 5) is 29.8. The van der Waals surface area contributed by atoms with Crippen molar-refractivity contribution in [2.24, 2.45) is 0 Å². The molecule has 2 atom stereocenters. The molecular formula is C25H26FN5O2S. The highest BCUT2D eigenvalue weighted by Gasteiger charge is 2.43. The third-order valence-corrected chi connectivity index (χ3v) is 7.28. The molecular weight excluding hydrogens is 453 g/mol. The van der Waals surface area contributed by atoms with E-state index in [2.05, 4.69) is 27.4 Å². The molecule has 7 nitrogen and oxygen atoms in total. The van der Waals surface area contributed by atoms with Crippen molar-refractivity contribution in [3.8, 4) is 5.69 Å². The van der Waals surface area contributed by atoms with Crippen molar-refractivity contribution in [2.45, 2.75) is 24.4 Å². The van der Waals surface area contributed by atoms with Crippen LogP contribution in [0.5, 0.6) is 0 Å². The third kappa shape index (κ3) is 5.00. The predicted octanol–water partition coefficient (Wildman–Crippen LogP) is 2.46. The predicted molar refractivity (Wildman–Crippen MR) is 129 cm³/mol. The number of benzene rings is 2. The molecule has 2 fully saturated rings. The molecule has 2 aliphatic heterocycles. The van der Waals surface area contributed by atoms with Crippen LogP contribution in [0.25, 0.3) is 5.69 Å². The maximum atomic E-state index is 13.5. The number of fused-ring (bicyclic) bond motifs is 1. The lowest BCUT2D eigenvalue weighted by Gasteiger charge is -2.45. The Bertz CT molecular complexity index is 1170. The summed E-state index contributed by atoms with van der Waals surface area (Å²) in [5.74, 6) is 0.969. The van der Waals surface area contributed by atoms with Crippen LogP contribution in [-0.2, 0) is 21.9 Å². The Morgan fingerprint density at radius 1 is 1.06 bits per heavy atom. The standard InChI is InChI=1S/C25H26FN5O2S/c26-20-7-4-8-21(11-20)31-14-19(12-27-31)13-29-9-10-30-23(15-29)24(32)28-22(25(30)33)17-34-16-18-5-2-1-3-6-18/h1-8,11-12,14,22-23H,9-10,13,15-17H2,(H,28,32)/t22-,23+/m0/s1. The maximum Gasteiger partial charge on any atom is 0.246 e. The van der Waals surface area contributed by atoms with Crippen LogP contribution in [0.1, 0.15) is 11.1 Å². The van der Waals surface area contributed by atoms with E-state index in [0.29, 0.717) is 37.6 Å². The quantitative estimate of drug-likeness (QED) is 0.564. The Labute approximate surface area is 201 Å². The van der Waals surface area contributed by atoms with Gasteiger partial charge in [0.05, 0.1) is 11.9 Å². The van der Waals surface area contributed by atoms with Crippen molar-refractivity contribution >= 4 is 23.6 Å². The van der Waals surface area contributed by atoms with Crippen LogP contribution in [-0.4, -0.2) is 68.9 Å². The van der Waals surface area contributed by atoms with Gasteiger partial charge in [0.1, 0.15) is 17.9 Å². The molecule has 2 saturated heterocycles. The van der Waals surface area contributed by atoms with E-state index < -0.39 is 12.1 Å². The van der Waals surface area contributed by atoms with Crippen molar-refractivity contribution in [2.75, 3.05) is 25.4 Å². The highest BCUT2D eigenvalue weighted by atomic mass is 32.2. The number of aromatic nitrogens is 2. The number of amides is 2. The summed E-state index contributed by atoms with van der Waals surface area (Å²) in [7, 11) is 0. The molecule has 0 radical (unpaired) electrons. The lowest BCUT2D eigenvalue weighted by Crippen LogP contribution is -2.69. The minimum atomic E-state index is -0.478. The smallest absolute Gasteiger partial charge is 0.246 e. The molecule has 0 aliphatic carbocycles. The Morgan fingerprint density at radius 2 is 1.91 bits per heavy atom. The fraction of sp³-hybridized carbons (Fsp3) is 0.320. The molecule has 9 heteroatoms. The first kappa shape index (κ1) is 22.6. The number of nitrogens with zero attached hydrogens (tertiary/aromatic N) is 4. The lowest BCUT2D eigenvalue weighted by atomic mass is 10.0. The monoisotopic (exact) mass is 479 g/mol. The first-order chi connectivity index (χ1) is 16.6. The van der Waals surface area contributed by atoms with Crippen LogP contribution < -0.4 is 5.32 Å². The number of nitrogens with one attached hydrogen (secondary N) is 1. The number of hydrogen-bond donors (Lipinski definition) is 1. The van der Waals surface area contributed by atoms with Gasteiger partial charge < -0.3 is 10.2 Å². The second-order valence-electron chi connectivity index (χ2n) is 8.62. The number of carbonyl (C=O) groups excluding carboxylic acids is 2. The van der Waals surface area contributed by atoms with Crippen molar-refractivity contribution in [3.63, 3.8) is 0 Å². The van der Waals surface area contributed by atoms with E-state index in [0.717, 1.165) is 11.3 Å². The lowest BCUT2D eigenvalue weighted by molar-refractivity contribution is -0.152. The number of hydrogen-bond acceptors (Lipinski definition) is 5. The zero-order valence-electron chi connectivity index (χ0n) is 18.6. The molecule has 0 bridgehead atoms. The molecule has 3 heterocycles. The Hall–Kier alpha value is -3.17. The van der Waals surface area contributed by atoms with Crippen LogP contribution in [0.3, 0.4) is 0 Å². The number of carbonyl (C=O) groups is 2. The van der Waals surface area contributed by atoms with Crippen LogP contribution in [0.4, 0.5) is 4.39 Å². The van der Waals surface area contributed by atoms with Gasteiger partial charge in [-0.2, -0.15) is 16.9 Å². The van der Waals surface area contributed by atoms with Gasteiger partial charge in [-0.25, -0.2) is 9.07 Å². The summed E-state index contributed by atoms with van der Waals surface area (Å²) in [5.41, 5.74) is 2.83. The maximum absolute atomic E-state index is 13.5. The van der Waals surface area contributed by atoms with E-state index in [1.54, 1.807) is 39.7 Å². The van der Waals surface area contributed by atoms with Gasteiger partial charge in [-0.05, 0) is 23.8 Å². The molecule has 176 valence electrons. The van der Waals surface area contributed by atoms with Crippen molar-refractivity contribution in [1.29, 1.82) is 0 Å². The molecule has 2 aromatic carbocycles. The van der Waals surface area contributed by atoms with E-state index in [1.165, 1.54) is 17.7 Å². The van der Waals surface area contributed by atoms with Gasteiger partial charge in [-0.1, -0.05) is 36.4 Å². The number of piperazine rings is 2. The molecule has 1 aromatic heterocycles. The van der Waals surface area contributed by atoms with Crippen LogP contribution in [0, 0.1) is 5.82 Å². The van der Waals surface area contributed by atoms with Gasteiger partial charge >= 0.3 is 0 Å². The summed E-state index contributed by atoms with van der Waals surface area (Å²) in [5, 5.41) is 7.28. The highest BCUT2D eigenvalue weighted by Crippen LogP contribution is 2.21. The SMILES string of the molecule is O=C1N[C@@H](CSCc2ccccc2)C(=O)N2CCN(Cc3cnn(-c4cccc(F)c4)c3)C[C@H]12. The van der Waals surface area contributed by atoms with Gasteiger partial charge in [-0.3, -0.25) is 14.5 Å². The summed E-state index contributed by atoms with van der Waals surface area (Å²) in [6, 6.07) is 15.4. The molecule has 0 spiro atoms. The van der Waals surface area contributed by atoms with Crippen molar-refractivity contribution < 1.29 is 14.0 Å². The first-order valence-electron chi connectivity index (χ1n) is 11.3. The van der Waals surface area contributed by atoms with E-state index >= 15 is 0 Å². The fourth-order valence-electron chi connectivity index (χ4n) is 4.44. The number of halogens is 1. The largest absolute Gasteiger partial charge is 0.342 e. The van der Waals surface area contributed by atoms with Crippen molar-refractivity contribution in [1.82, 2.24) is 24.9 Å². The number of thioether (sulfide) groups is 1. The summed E-state index contributed by atoms with van der Waals surface area (Å²) < 4.78 is 15.2. The van der Waals surface area contributed by atoms with E-state index in [1.807, 2.05) is 24.4 Å². The fourth-order valence-corrected chi connectivity index (χ4v) is 5.45.